The van der Waals surface area contributed by atoms with Crippen LogP contribution in [-0.2, 0) is 9.59 Å². The minimum absolute atomic E-state index is 0.558. The van der Waals surface area contributed by atoms with Crippen LogP contribution in [0.15, 0.2) is 58.0 Å². The van der Waals surface area contributed by atoms with Crippen LogP contribution >= 0.6 is 0 Å². The van der Waals surface area contributed by atoms with Gasteiger partial charge in [-0.2, -0.15) is 0 Å². The molecule has 160 valence electrons. The SMILES string of the molecule is CCC1=CC2=C3CCC=C4NCC(=C43)CC2C(CC2CC2)N1.O=C(O)/C=C\C(=O)O. The van der Waals surface area contributed by atoms with Gasteiger partial charge in [0, 0.05) is 47.6 Å². The van der Waals surface area contributed by atoms with Crippen molar-refractivity contribution in [2.24, 2.45) is 11.8 Å². The second-order valence-corrected chi connectivity index (χ2v) is 8.70. The number of carboxylic acids is 2. The van der Waals surface area contributed by atoms with Gasteiger partial charge < -0.3 is 20.8 Å². The third-order valence-corrected chi connectivity index (χ3v) is 6.59. The van der Waals surface area contributed by atoms with E-state index in [2.05, 4.69) is 29.7 Å². The first-order chi connectivity index (χ1) is 14.5. The van der Waals surface area contributed by atoms with Crippen LogP contribution in [0.25, 0.3) is 0 Å². The third kappa shape index (κ3) is 4.37. The van der Waals surface area contributed by atoms with Crippen LogP contribution in [0, 0.1) is 11.8 Å². The molecular weight excluding hydrogens is 380 g/mol. The number of hydrogen-bond acceptors (Lipinski definition) is 4. The first-order valence-electron chi connectivity index (χ1n) is 11.0. The van der Waals surface area contributed by atoms with Crippen molar-refractivity contribution >= 4 is 11.9 Å². The van der Waals surface area contributed by atoms with Gasteiger partial charge in [0.15, 0.2) is 0 Å². The van der Waals surface area contributed by atoms with Crippen molar-refractivity contribution in [1.82, 2.24) is 10.6 Å². The van der Waals surface area contributed by atoms with Gasteiger partial charge in [-0.05, 0) is 60.8 Å². The molecule has 3 aliphatic carbocycles. The van der Waals surface area contributed by atoms with E-state index in [-0.39, 0.29) is 0 Å². The molecule has 4 N–H and O–H groups in total. The van der Waals surface area contributed by atoms with Crippen LogP contribution in [0.3, 0.4) is 0 Å². The fourth-order valence-electron chi connectivity index (χ4n) is 5.07. The average molecular weight is 411 g/mol. The van der Waals surface area contributed by atoms with E-state index in [1.165, 1.54) is 49.9 Å². The molecule has 1 fully saturated rings. The second-order valence-electron chi connectivity index (χ2n) is 8.70. The molecule has 0 amide bonds. The Balaban J connectivity index is 0.000000235. The maximum atomic E-state index is 9.55. The highest BCUT2D eigenvalue weighted by atomic mass is 16.4. The Morgan fingerprint density at radius 2 is 1.93 bits per heavy atom. The van der Waals surface area contributed by atoms with Gasteiger partial charge in [-0.15, -0.1) is 0 Å². The molecular formula is C24H30N2O4. The molecule has 0 bridgehead atoms. The van der Waals surface area contributed by atoms with Crippen molar-refractivity contribution < 1.29 is 19.8 Å². The molecule has 2 heterocycles. The van der Waals surface area contributed by atoms with Gasteiger partial charge >= 0.3 is 11.9 Å². The minimum atomic E-state index is -1.26. The first-order valence-corrected chi connectivity index (χ1v) is 11.0. The Bertz CT molecular complexity index is 886. The van der Waals surface area contributed by atoms with Crippen molar-refractivity contribution in [3.8, 4) is 0 Å². The van der Waals surface area contributed by atoms with Crippen LogP contribution in [0.2, 0.25) is 0 Å². The summed E-state index contributed by atoms with van der Waals surface area (Å²) in [5.41, 5.74) is 9.57. The molecule has 6 nitrogen and oxygen atoms in total. The molecule has 0 spiro atoms. The highest BCUT2D eigenvalue weighted by Crippen LogP contribution is 2.49. The maximum absolute atomic E-state index is 9.55. The summed E-state index contributed by atoms with van der Waals surface area (Å²) in [4.78, 5) is 19.1. The Labute approximate surface area is 177 Å². The van der Waals surface area contributed by atoms with Gasteiger partial charge in [0.05, 0.1) is 0 Å². The Hall–Kier alpha value is -2.76. The molecule has 2 aliphatic heterocycles. The molecule has 0 aromatic carbocycles. The lowest BCUT2D eigenvalue weighted by molar-refractivity contribution is -0.134. The number of allylic oxidation sites excluding steroid dienone is 4. The lowest BCUT2D eigenvalue weighted by atomic mass is 9.70. The lowest BCUT2D eigenvalue weighted by Crippen LogP contribution is -2.42. The van der Waals surface area contributed by atoms with Crippen LogP contribution in [0.1, 0.15) is 51.9 Å². The highest BCUT2D eigenvalue weighted by Gasteiger charge is 2.40. The number of carboxylic acid groups (broad SMARTS) is 2. The molecule has 30 heavy (non-hydrogen) atoms. The lowest BCUT2D eigenvalue weighted by Gasteiger charge is -2.40. The number of fused-ring (bicyclic) bond motifs is 1. The smallest absolute Gasteiger partial charge is 0.328 e. The topological polar surface area (TPSA) is 98.7 Å². The van der Waals surface area contributed by atoms with Crippen molar-refractivity contribution in [1.29, 1.82) is 0 Å². The summed E-state index contributed by atoms with van der Waals surface area (Å²) in [6.45, 7) is 3.38. The highest BCUT2D eigenvalue weighted by molar-refractivity contribution is 5.89. The molecule has 2 unspecified atom stereocenters. The molecule has 2 atom stereocenters. The molecule has 0 radical (unpaired) electrons. The zero-order valence-corrected chi connectivity index (χ0v) is 17.4. The molecule has 5 aliphatic rings. The summed E-state index contributed by atoms with van der Waals surface area (Å²) in [5.74, 6) is -0.789. The Morgan fingerprint density at radius 3 is 2.57 bits per heavy atom. The van der Waals surface area contributed by atoms with Crippen LogP contribution in [0.5, 0.6) is 0 Å². The Morgan fingerprint density at radius 1 is 1.20 bits per heavy atom. The summed E-state index contributed by atoms with van der Waals surface area (Å²) in [5, 5.41) is 23.2. The van der Waals surface area contributed by atoms with Gasteiger partial charge in [-0.3, -0.25) is 0 Å². The average Bonchev–Trinajstić information content (AvgIpc) is 3.45. The number of aliphatic carboxylic acids is 2. The fraction of sp³-hybridized carbons (Fsp3) is 0.500. The van der Waals surface area contributed by atoms with Gasteiger partial charge in [0.25, 0.3) is 0 Å². The summed E-state index contributed by atoms with van der Waals surface area (Å²) in [6.07, 6.45) is 15.2. The van der Waals surface area contributed by atoms with Crippen molar-refractivity contribution in [2.75, 3.05) is 6.54 Å². The van der Waals surface area contributed by atoms with Gasteiger partial charge in [-0.1, -0.05) is 25.8 Å². The number of nitrogens with one attached hydrogen (secondary N) is 2. The number of hydrogen-bond donors (Lipinski definition) is 4. The van der Waals surface area contributed by atoms with Gasteiger partial charge in [-0.25, -0.2) is 9.59 Å². The van der Waals surface area contributed by atoms with Gasteiger partial charge in [0.2, 0.25) is 0 Å². The minimum Gasteiger partial charge on any atom is -0.478 e. The van der Waals surface area contributed by atoms with E-state index in [1.54, 1.807) is 22.3 Å². The number of rotatable bonds is 5. The molecule has 5 rings (SSSR count). The van der Waals surface area contributed by atoms with E-state index in [9.17, 15) is 9.59 Å². The fourth-order valence-corrected chi connectivity index (χ4v) is 5.07. The maximum Gasteiger partial charge on any atom is 0.328 e. The van der Waals surface area contributed by atoms with E-state index >= 15 is 0 Å². The molecule has 0 aromatic rings. The normalized spacial score (nSPS) is 26.6. The zero-order chi connectivity index (χ0) is 21.3. The van der Waals surface area contributed by atoms with Crippen LogP contribution in [-0.4, -0.2) is 34.7 Å². The van der Waals surface area contributed by atoms with Crippen LogP contribution in [0.4, 0.5) is 0 Å². The van der Waals surface area contributed by atoms with Gasteiger partial charge in [0.1, 0.15) is 0 Å². The van der Waals surface area contributed by atoms with E-state index < -0.39 is 11.9 Å². The largest absolute Gasteiger partial charge is 0.478 e. The summed E-state index contributed by atoms with van der Waals surface area (Å²) in [7, 11) is 0. The zero-order valence-electron chi connectivity index (χ0n) is 17.4. The summed E-state index contributed by atoms with van der Waals surface area (Å²) >= 11 is 0. The van der Waals surface area contributed by atoms with E-state index in [4.69, 9.17) is 10.2 Å². The molecule has 0 aromatic heterocycles. The van der Waals surface area contributed by atoms with Crippen molar-refractivity contribution in [2.45, 2.75) is 57.9 Å². The summed E-state index contributed by atoms with van der Waals surface area (Å²) < 4.78 is 0. The first kappa shape index (κ1) is 20.5. The van der Waals surface area contributed by atoms with E-state index in [1.807, 2.05) is 0 Å². The van der Waals surface area contributed by atoms with Crippen molar-refractivity contribution in [3.63, 3.8) is 0 Å². The molecule has 0 saturated heterocycles. The second kappa shape index (κ2) is 8.54. The predicted molar refractivity (Wildman–Crippen MR) is 115 cm³/mol. The molecule has 6 heteroatoms. The van der Waals surface area contributed by atoms with E-state index in [0.717, 1.165) is 24.8 Å². The quantitative estimate of drug-likeness (QED) is 0.517. The monoisotopic (exact) mass is 410 g/mol. The summed E-state index contributed by atoms with van der Waals surface area (Å²) in [6, 6.07) is 0.680. The predicted octanol–water partition coefficient (Wildman–Crippen LogP) is 3.66. The standard InChI is InChI=1S/C20H26N2.C4H4O4/c1-2-14-10-16-15-4-3-5-18-20(15)13(11-21-18)9-17(16)19(22-14)8-12-6-7-12;5-3(6)1-2-4(7)8/h5,10,12,17,19,21-22H,2-4,6-9,11H2,1H3;1-2H,(H,5,6)(H,7,8)/b;2-1-. The Kier molecular flexibility index (Phi) is 5.84. The number of carbonyl (C=O) groups is 2. The third-order valence-electron chi connectivity index (χ3n) is 6.59. The van der Waals surface area contributed by atoms with Crippen molar-refractivity contribution in [3.05, 3.63) is 58.0 Å². The molecule has 1 saturated carbocycles. The van der Waals surface area contributed by atoms with Crippen LogP contribution < -0.4 is 10.6 Å². The van der Waals surface area contributed by atoms with E-state index in [0.29, 0.717) is 18.2 Å².